The van der Waals surface area contributed by atoms with Gasteiger partial charge in [0.15, 0.2) is 0 Å². The van der Waals surface area contributed by atoms with E-state index in [0.29, 0.717) is 0 Å². The van der Waals surface area contributed by atoms with Gasteiger partial charge in [-0.05, 0) is 73.8 Å². The second-order valence-corrected chi connectivity index (χ2v) is 6.51. The molecule has 0 heterocycles. The molecule has 0 saturated carbocycles. The lowest BCUT2D eigenvalue weighted by Gasteiger charge is -2.14. The standard InChI is InChI=1S/C24H14F2/c25-18-8-5-16(6-9-18)23-14-17-13-19(26)10-12-20(17)22-11-7-15-3-1-2-4-21(15)24(22)23/h1-14H. The smallest absolute Gasteiger partial charge is 0.123 e. The summed E-state index contributed by atoms with van der Waals surface area (Å²) in [6.45, 7) is 0. The van der Waals surface area contributed by atoms with Crippen LogP contribution in [0.1, 0.15) is 0 Å². The van der Waals surface area contributed by atoms with Gasteiger partial charge >= 0.3 is 0 Å². The lowest BCUT2D eigenvalue weighted by atomic mass is 9.90. The summed E-state index contributed by atoms with van der Waals surface area (Å²) in [6, 6.07) is 25.7. The molecule has 0 atom stereocenters. The Hall–Kier alpha value is -3.26. The van der Waals surface area contributed by atoms with Crippen molar-refractivity contribution < 1.29 is 8.78 Å². The Morgan fingerprint density at radius 3 is 2.08 bits per heavy atom. The second kappa shape index (κ2) is 5.63. The van der Waals surface area contributed by atoms with Gasteiger partial charge in [-0.25, -0.2) is 8.78 Å². The molecule has 0 aliphatic heterocycles. The molecular weight excluding hydrogens is 326 g/mol. The summed E-state index contributed by atoms with van der Waals surface area (Å²) in [5.74, 6) is -0.530. The van der Waals surface area contributed by atoms with Gasteiger partial charge in [0, 0.05) is 0 Å². The third kappa shape index (κ3) is 2.26. The van der Waals surface area contributed by atoms with Gasteiger partial charge < -0.3 is 0 Å². The summed E-state index contributed by atoms with van der Waals surface area (Å²) >= 11 is 0. The van der Waals surface area contributed by atoms with E-state index in [1.54, 1.807) is 18.2 Å². The van der Waals surface area contributed by atoms with Crippen LogP contribution in [0.2, 0.25) is 0 Å². The first-order chi connectivity index (χ1) is 12.7. The fraction of sp³-hybridized carbons (Fsp3) is 0. The molecule has 0 N–H and O–H groups in total. The van der Waals surface area contributed by atoms with Crippen molar-refractivity contribution in [3.05, 3.63) is 96.6 Å². The van der Waals surface area contributed by atoms with E-state index in [9.17, 15) is 8.78 Å². The summed E-state index contributed by atoms with van der Waals surface area (Å²) in [4.78, 5) is 0. The van der Waals surface area contributed by atoms with Crippen LogP contribution in [0, 0.1) is 11.6 Å². The summed E-state index contributed by atoms with van der Waals surface area (Å²) in [5.41, 5.74) is 1.90. The monoisotopic (exact) mass is 340 g/mol. The topological polar surface area (TPSA) is 0 Å². The molecule has 0 aliphatic carbocycles. The van der Waals surface area contributed by atoms with Crippen LogP contribution in [0.25, 0.3) is 43.4 Å². The van der Waals surface area contributed by atoms with Crippen molar-refractivity contribution in [3.8, 4) is 11.1 Å². The van der Waals surface area contributed by atoms with Crippen molar-refractivity contribution in [1.82, 2.24) is 0 Å². The first kappa shape index (κ1) is 15.0. The van der Waals surface area contributed by atoms with Gasteiger partial charge in [-0.2, -0.15) is 0 Å². The van der Waals surface area contributed by atoms with Crippen LogP contribution in [0.3, 0.4) is 0 Å². The maximum atomic E-state index is 13.8. The van der Waals surface area contributed by atoms with E-state index < -0.39 is 0 Å². The molecule has 5 aromatic rings. The zero-order valence-electron chi connectivity index (χ0n) is 13.8. The Balaban J connectivity index is 2.02. The summed E-state index contributed by atoms with van der Waals surface area (Å²) < 4.78 is 27.3. The number of benzene rings is 5. The first-order valence-corrected chi connectivity index (χ1v) is 8.50. The van der Waals surface area contributed by atoms with Crippen LogP contribution in [0.5, 0.6) is 0 Å². The van der Waals surface area contributed by atoms with Gasteiger partial charge in [-0.15, -0.1) is 0 Å². The van der Waals surface area contributed by atoms with E-state index in [2.05, 4.69) is 24.3 Å². The quantitative estimate of drug-likeness (QED) is 0.286. The van der Waals surface area contributed by atoms with Crippen LogP contribution >= 0.6 is 0 Å². The van der Waals surface area contributed by atoms with E-state index in [-0.39, 0.29) is 11.6 Å². The molecule has 0 nitrogen and oxygen atoms in total. The van der Waals surface area contributed by atoms with Crippen molar-refractivity contribution in [2.24, 2.45) is 0 Å². The van der Waals surface area contributed by atoms with Crippen molar-refractivity contribution >= 4 is 32.3 Å². The predicted molar refractivity (Wildman–Crippen MR) is 104 cm³/mol. The van der Waals surface area contributed by atoms with Crippen molar-refractivity contribution in [2.45, 2.75) is 0 Å². The zero-order valence-corrected chi connectivity index (χ0v) is 13.8. The van der Waals surface area contributed by atoms with Crippen LogP contribution in [-0.4, -0.2) is 0 Å². The number of rotatable bonds is 1. The van der Waals surface area contributed by atoms with Crippen LogP contribution in [0.15, 0.2) is 84.9 Å². The Labute approximate surface area is 149 Å². The normalized spacial score (nSPS) is 11.5. The maximum absolute atomic E-state index is 13.8. The second-order valence-electron chi connectivity index (χ2n) is 6.51. The molecule has 5 aromatic carbocycles. The van der Waals surface area contributed by atoms with Gasteiger partial charge in [-0.1, -0.05) is 54.6 Å². The van der Waals surface area contributed by atoms with Gasteiger partial charge in [-0.3, -0.25) is 0 Å². The lowest BCUT2D eigenvalue weighted by Crippen LogP contribution is -1.88. The van der Waals surface area contributed by atoms with E-state index >= 15 is 0 Å². The molecule has 2 heteroatoms. The Morgan fingerprint density at radius 2 is 1.23 bits per heavy atom. The average Bonchev–Trinajstić information content (AvgIpc) is 2.67. The van der Waals surface area contributed by atoms with Crippen LogP contribution in [0.4, 0.5) is 8.78 Å². The molecule has 0 spiro atoms. The molecule has 0 amide bonds. The molecule has 26 heavy (non-hydrogen) atoms. The zero-order chi connectivity index (χ0) is 17.7. The minimum atomic E-state index is -0.269. The van der Waals surface area contributed by atoms with E-state index in [1.807, 2.05) is 24.3 Å². The maximum Gasteiger partial charge on any atom is 0.123 e. The molecule has 0 saturated heterocycles. The highest BCUT2D eigenvalue weighted by Gasteiger charge is 2.12. The SMILES string of the molecule is Fc1ccc(-c2cc3cc(F)ccc3c3ccc4ccccc4c23)cc1. The number of fused-ring (bicyclic) bond motifs is 5. The largest absolute Gasteiger partial charge is 0.207 e. The molecule has 124 valence electrons. The summed E-state index contributed by atoms with van der Waals surface area (Å²) in [5, 5.41) is 6.31. The third-order valence-electron chi connectivity index (χ3n) is 4.96. The number of hydrogen-bond donors (Lipinski definition) is 0. The molecule has 0 bridgehead atoms. The average molecular weight is 340 g/mol. The van der Waals surface area contributed by atoms with E-state index in [4.69, 9.17) is 0 Å². The fourth-order valence-corrected chi connectivity index (χ4v) is 3.77. The fourth-order valence-electron chi connectivity index (χ4n) is 3.77. The lowest BCUT2D eigenvalue weighted by molar-refractivity contribution is 0.628. The number of halogens is 2. The number of hydrogen-bond acceptors (Lipinski definition) is 0. The van der Waals surface area contributed by atoms with Crippen molar-refractivity contribution in [1.29, 1.82) is 0 Å². The predicted octanol–water partition coefficient (Wildman–Crippen LogP) is 7.09. The highest BCUT2D eigenvalue weighted by Crippen LogP contribution is 2.39. The van der Waals surface area contributed by atoms with Crippen LogP contribution < -0.4 is 0 Å². The van der Waals surface area contributed by atoms with Crippen molar-refractivity contribution in [3.63, 3.8) is 0 Å². The van der Waals surface area contributed by atoms with Gasteiger partial charge in [0.05, 0.1) is 0 Å². The molecule has 0 aliphatic rings. The van der Waals surface area contributed by atoms with Gasteiger partial charge in [0.1, 0.15) is 11.6 Å². The van der Waals surface area contributed by atoms with Gasteiger partial charge in [0.2, 0.25) is 0 Å². The molecule has 5 rings (SSSR count). The van der Waals surface area contributed by atoms with Gasteiger partial charge in [0.25, 0.3) is 0 Å². The summed E-state index contributed by atoms with van der Waals surface area (Å²) in [7, 11) is 0. The third-order valence-corrected chi connectivity index (χ3v) is 4.96. The van der Waals surface area contributed by atoms with Crippen molar-refractivity contribution in [2.75, 3.05) is 0 Å². The highest BCUT2D eigenvalue weighted by molar-refractivity contribution is 6.22. The van der Waals surface area contributed by atoms with E-state index in [0.717, 1.165) is 43.4 Å². The molecule has 0 fully saturated rings. The van der Waals surface area contributed by atoms with Crippen LogP contribution in [-0.2, 0) is 0 Å². The highest BCUT2D eigenvalue weighted by atomic mass is 19.1. The Bertz CT molecular complexity index is 1280. The van der Waals surface area contributed by atoms with E-state index in [1.165, 1.54) is 18.2 Å². The molecule has 0 aromatic heterocycles. The minimum absolute atomic E-state index is 0.261. The molecule has 0 radical (unpaired) electrons. The first-order valence-electron chi connectivity index (χ1n) is 8.50. The Morgan fingerprint density at radius 1 is 0.500 bits per heavy atom. The summed E-state index contributed by atoms with van der Waals surface area (Å²) in [6.07, 6.45) is 0. The molecular formula is C24H14F2. The Kier molecular flexibility index (Phi) is 3.26. The molecule has 0 unspecified atom stereocenters. The minimum Gasteiger partial charge on any atom is -0.207 e.